The van der Waals surface area contributed by atoms with Gasteiger partial charge in [-0.1, -0.05) is 27.2 Å². The Morgan fingerprint density at radius 1 is 1.29 bits per heavy atom. The number of methoxy groups -OCH3 is 1. The van der Waals surface area contributed by atoms with Crippen LogP contribution in [0.1, 0.15) is 59.8 Å². The van der Waals surface area contributed by atoms with Crippen LogP contribution < -0.4 is 5.32 Å². The van der Waals surface area contributed by atoms with E-state index in [1.54, 1.807) is 7.11 Å². The molecule has 0 bridgehead atoms. The van der Waals surface area contributed by atoms with Crippen LogP contribution in [0.2, 0.25) is 0 Å². The number of rotatable bonds is 8. The van der Waals surface area contributed by atoms with Crippen LogP contribution >= 0.6 is 0 Å². The van der Waals surface area contributed by atoms with E-state index in [0.29, 0.717) is 31.1 Å². The van der Waals surface area contributed by atoms with Crippen molar-refractivity contribution in [3.63, 3.8) is 0 Å². The van der Waals surface area contributed by atoms with Crippen molar-refractivity contribution in [2.75, 3.05) is 26.9 Å². The third-order valence-electron chi connectivity index (χ3n) is 5.29. The summed E-state index contributed by atoms with van der Waals surface area (Å²) in [6, 6.07) is 0. The molecule has 0 spiro atoms. The highest BCUT2D eigenvalue weighted by molar-refractivity contribution is 5.81. The zero-order valence-electron chi connectivity index (χ0n) is 14.5. The van der Waals surface area contributed by atoms with Crippen molar-refractivity contribution in [1.82, 2.24) is 5.32 Å². The monoisotopic (exact) mass is 299 g/mol. The van der Waals surface area contributed by atoms with Crippen LogP contribution in [0.15, 0.2) is 0 Å². The standard InChI is InChI=1S/C17H33NO3/c1-6-16(3,4)14-8-10-17(11-9-14,15(19)21-7-2)18-12-13-20-5/h14,18H,6-13H2,1-5H3. The number of hydrogen-bond acceptors (Lipinski definition) is 4. The van der Waals surface area contributed by atoms with Crippen LogP contribution in [-0.2, 0) is 14.3 Å². The summed E-state index contributed by atoms with van der Waals surface area (Å²) in [6.45, 7) is 10.6. The molecular weight excluding hydrogens is 266 g/mol. The van der Waals surface area contributed by atoms with Crippen molar-refractivity contribution in [2.45, 2.75) is 65.3 Å². The molecular formula is C17H33NO3. The number of hydrogen-bond donors (Lipinski definition) is 1. The Balaban J connectivity index is 2.71. The molecule has 0 aromatic heterocycles. The molecule has 4 heteroatoms. The van der Waals surface area contributed by atoms with E-state index in [-0.39, 0.29) is 5.97 Å². The minimum atomic E-state index is -0.505. The molecule has 1 saturated carbocycles. The van der Waals surface area contributed by atoms with Gasteiger partial charge in [0.25, 0.3) is 0 Å². The molecule has 21 heavy (non-hydrogen) atoms. The molecule has 1 fully saturated rings. The molecule has 4 nitrogen and oxygen atoms in total. The third-order valence-corrected chi connectivity index (χ3v) is 5.29. The fourth-order valence-electron chi connectivity index (χ4n) is 3.30. The van der Waals surface area contributed by atoms with Gasteiger partial charge in [0.2, 0.25) is 0 Å². The molecule has 124 valence electrons. The van der Waals surface area contributed by atoms with Crippen molar-refractivity contribution in [3.05, 3.63) is 0 Å². The summed E-state index contributed by atoms with van der Waals surface area (Å²) >= 11 is 0. The van der Waals surface area contributed by atoms with Crippen molar-refractivity contribution < 1.29 is 14.3 Å². The van der Waals surface area contributed by atoms with Gasteiger partial charge in [0.05, 0.1) is 13.2 Å². The highest BCUT2D eigenvalue weighted by Gasteiger charge is 2.45. The van der Waals surface area contributed by atoms with E-state index in [2.05, 4.69) is 26.1 Å². The molecule has 0 aromatic carbocycles. The number of carbonyl (C=O) groups is 1. The van der Waals surface area contributed by atoms with Crippen LogP contribution in [-0.4, -0.2) is 38.4 Å². The maximum Gasteiger partial charge on any atom is 0.326 e. The van der Waals surface area contributed by atoms with Crippen molar-refractivity contribution in [3.8, 4) is 0 Å². The van der Waals surface area contributed by atoms with E-state index in [1.807, 2.05) is 6.92 Å². The number of ether oxygens (including phenoxy) is 2. The summed E-state index contributed by atoms with van der Waals surface area (Å²) in [4.78, 5) is 12.4. The molecule has 0 aromatic rings. The summed E-state index contributed by atoms with van der Waals surface area (Å²) < 4.78 is 10.4. The smallest absolute Gasteiger partial charge is 0.326 e. The molecule has 1 aliphatic carbocycles. The SMILES string of the molecule is CCOC(=O)C1(NCCOC)CCC(C(C)(C)CC)CC1. The maximum absolute atomic E-state index is 12.4. The number of carbonyl (C=O) groups excluding carboxylic acids is 1. The van der Waals surface area contributed by atoms with Gasteiger partial charge in [-0.2, -0.15) is 0 Å². The lowest BCUT2D eigenvalue weighted by atomic mass is 9.65. The molecule has 0 aliphatic heterocycles. The van der Waals surface area contributed by atoms with Crippen molar-refractivity contribution in [1.29, 1.82) is 0 Å². The average Bonchev–Trinajstić information content (AvgIpc) is 2.48. The minimum absolute atomic E-state index is 0.0890. The van der Waals surface area contributed by atoms with E-state index in [0.717, 1.165) is 25.7 Å². The molecule has 1 aliphatic rings. The van der Waals surface area contributed by atoms with Gasteiger partial charge in [0.15, 0.2) is 0 Å². The lowest BCUT2D eigenvalue weighted by Crippen LogP contribution is -2.56. The largest absolute Gasteiger partial charge is 0.465 e. The molecule has 0 radical (unpaired) electrons. The van der Waals surface area contributed by atoms with E-state index in [9.17, 15) is 4.79 Å². The summed E-state index contributed by atoms with van der Waals surface area (Å²) in [5, 5.41) is 3.41. The molecule has 0 unspecified atom stereocenters. The lowest BCUT2D eigenvalue weighted by molar-refractivity contribution is -0.154. The van der Waals surface area contributed by atoms with Crippen LogP contribution in [0.25, 0.3) is 0 Å². The zero-order valence-corrected chi connectivity index (χ0v) is 14.5. The van der Waals surface area contributed by atoms with E-state index in [1.165, 1.54) is 6.42 Å². The Labute approximate surface area is 130 Å². The Hall–Kier alpha value is -0.610. The number of nitrogens with one attached hydrogen (secondary N) is 1. The second kappa shape index (κ2) is 8.14. The molecule has 0 amide bonds. The van der Waals surface area contributed by atoms with E-state index < -0.39 is 5.54 Å². The quantitative estimate of drug-likeness (QED) is 0.552. The first-order valence-corrected chi connectivity index (χ1v) is 8.33. The van der Waals surface area contributed by atoms with Crippen molar-refractivity contribution >= 4 is 5.97 Å². The summed E-state index contributed by atoms with van der Waals surface area (Å²) in [5.74, 6) is 0.600. The predicted octanol–water partition coefficient (Wildman–Crippen LogP) is 3.15. The minimum Gasteiger partial charge on any atom is -0.465 e. The third kappa shape index (κ3) is 4.68. The molecule has 0 atom stereocenters. The van der Waals surface area contributed by atoms with Gasteiger partial charge in [-0.15, -0.1) is 0 Å². The molecule has 1 rings (SSSR count). The van der Waals surface area contributed by atoms with Crippen LogP contribution in [0, 0.1) is 11.3 Å². The average molecular weight is 299 g/mol. The molecule has 0 saturated heterocycles. The predicted molar refractivity (Wildman–Crippen MR) is 85.3 cm³/mol. The van der Waals surface area contributed by atoms with Gasteiger partial charge in [-0.05, 0) is 43.9 Å². The molecule has 0 heterocycles. The van der Waals surface area contributed by atoms with Crippen LogP contribution in [0.4, 0.5) is 0 Å². The van der Waals surface area contributed by atoms with Crippen molar-refractivity contribution in [2.24, 2.45) is 11.3 Å². The highest BCUT2D eigenvalue weighted by atomic mass is 16.5. The maximum atomic E-state index is 12.4. The van der Waals surface area contributed by atoms with Crippen LogP contribution in [0.3, 0.4) is 0 Å². The molecule has 1 N–H and O–H groups in total. The highest BCUT2D eigenvalue weighted by Crippen LogP contribution is 2.43. The Kier molecular flexibility index (Phi) is 7.14. The van der Waals surface area contributed by atoms with Gasteiger partial charge in [0.1, 0.15) is 5.54 Å². The van der Waals surface area contributed by atoms with Gasteiger partial charge >= 0.3 is 5.97 Å². The van der Waals surface area contributed by atoms with Gasteiger partial charge < -0.3 is 9.47 Å². The second-order valence-electron chi connectivity index (χ2n) is 6.84. The fourth-order valence-corrected chi connectivity index (χ4v) is 3.30. The summed E-state index contributed by atoms with van der Waals surface area (Å²) in [6.07, 6.45) is 5.08. The first-order chi connectivity index (χ1) is 9.91. The van der Waals surface area contributed by atoms with Gasteiger partial charge in [-0.25, -0.2) is 0 Å². The Morgan fingerprint density at radius 3 is 2.38 bits per heavy atom. The summed E-state index contributed by atoms with van der Waals surface area (Å²) in [7, 11) is 1.68. The first-order valence-electron chi connectivity index (χ1n) is 8.33. The first kappa shape index (κ1) is 18.4. The lowest BCUT2D eigenvalue weighted by Gasteiger charge is -2.44. The normalized spacial score (nSPS) is 26.6. The summed E-state index contributed by atoms with van der Waals surface area (Å²) in [5.41, 5.74) is -0.151. The Morgan fingerprint density at radius 2 is 1.90 bits per heavy atom. The Bertz CT molecular complexity index is 320. The zero-order chi connectivity index (χ0) is 15.9. The topological polar surface area (TPSA) is 47.6 Å². The van der Waals surface area contributed by atoms with Crippen LogP contribution in [0.5, 0.6) is 0 Å². The fraction of sp³-hybridized carbons (Fsp3) is 0.941. The van der Waals surface area contributed by atoms with E-state index in [4.69, 9.17) is 9.47 Å². The van der Waals surface area contributed by atoms with Gasteiger partial charge in [-0.3, -0.25) is 10.1 Å². The van der Waals surface area contributed by atoms with E-state index >= 15 is 0 Å². The van der Waals surface area contributed by atoms with Gasteiger partial charge in [0, 0.05) is 13.7 Å². The number of esters is 1. The second-order valence-corrected chi connectivity index (χ2v) is 6.84.